The van der Waals surface area contributed by atoms with Crippen molar-refractivity contribution in [2.24, 2.45) is 0 Å². The molecular weight excluding hydrogens is 492 g/mol. The number of hydrogen-bond acceptors (Lipinski definition) is 10. The molecular formula is C20H30N2O10S2. The van der Waals surface area contributed by atoms with Gasteiger partial charge < -0.3 is 28.8 Å². The lowest BCUT2D eigenvalue weighted by atomic mass is 10.2. The highest BCUT2D eigenvalue weighted by atomic mass is 32.2. The Kier molecular flexibility index (Phi) is 9.30. The van der Waals surface area contributed by atoms with Crippen LogP contribution in [0.1, 0.15) is 0 Å². The van der Waals surface area contributed by atoms with Crippen LogP contribution in [-0.2, 0) is 20.2 Å². The average Bonchev–Trinajstić information content (AvgIpc) is 2.66. The number of nitrogens with zero attached hydrogens (tertiary/aromatic N) is 2. The van der Waals surface area contributed by atoms with Crippen LogP contribution in [0.15, 0.2) is 36.4 Å². The summed E-state index contributed by atoms with van der Waals surface area (Å²) in [6.45, 7) is 0. The third-order valence-corrected chi connectivity index (χ3v) is 6.61. The second-order valence-electron chi connectivity index (χ2n) is 8.46. The molecule has 0 saturated carbocycles. The molecule has 0 radical (unpaired) electrons. The molecule has 12 nitrogen and oxygen atoms in total. The van der Waals surface area contributed by atoms with Gasteiger partial charge >= 0.3 is 0 Å². The molecule has 0 aliphatic rings. The first-order chi connectivity index (χ1) is 15.3. The fourth-order valence-electron chi connectivity index (χ4n) is 3.03. The minimum Gasteiger partial charge on any atom is -0.744 e. The Balaban J connectivity index is 0.000000342. The number of quaternary nitrogens is 2. The van der Waals surface area contributed by atoms with Gasteiger partial charge in [0, 0.05) is 24.3 Å². The van der Waals surface area contributed by atoms with Crippen LogP contribution >= 0.6 is 0 Å². The number of benzene rings is 2. The third-order valence-electron chi connectivity index (χ3n) is 4.69. The molecule has 2 N–H and O–H groups in total. The van der Waals surface area contributed by atoms with E-state index in [1.165, 1.54) is 46.5 Å². The molecule has 0 aliphatic heterocycles. The first-order valence-electron chi connectivity index (χ1n) is 9.59. The highest BCUT2D eigenvalue weighted by Gasteiger charge is 2.24. The van der Waals surface area contributed by atoms with Crippen LogP contribution in [0.25, 0.3) is 0 Å². The van der Waals surface area contributed by atoms with Crippen LogP contribution in [0.5, 0.6) is 23.0 Å². The maximum Gasteiger partial charge on any atom is 0.173 e. The lowest BCUT2D eigenvalue weighted by Gasteiger charge is -2.30. The zero-order valence-corrected chi connectivity index (χ0v) is 21.4. The average molecular weight is 523 g/mol. The van der Waals surface area contributed by atoms with E-state index in [9.17, 15) is 31.0 Å². The Morgan fingerprint density at radius 1 is 0.706 bits per heavy atom. The van der Waals surface area contributed by atoms with Crippen molar-refractivity contribution in [3.05, 3.63) is 36.4 Å². The summed E-state index contributed by atoms with van der Waals surface area (Å²) in [4.78, 5) is 0. The van der Waals surface area contributed by atoms with Crippen LogP contribution in [0.2, 0.25) is 0 Å². The number of rotatable bonds is 8. The fraction of sp³-hybridized carbons (Fsp3) is 0.400. The maximum absolute atomic E-state index is 10.9. The fourth-order valence-corrected chi connectivity index (χ4v) is 4.91. The predicted octanol–water partition coefficient (Wildman–Crippen LogP) is 0.941. The van der Waals surface area contributed by atoms with Gasteiger partial charge in [0.2, 0.25) is 0 Å². The van der Waals surface area contributed by atoms with Gasteiger partial charge in [-0.2, -0.15) is 0 Å². The molecule has 0 atom stereocenters. The third kappa shape index (κ3) is 8.96. The topological polar surface area (TPSA) is 173 Å². The van der Waals surface area contributed by atoms with Crippen molar-refractivity contribution < 1.29 is 45.6 Å². The highest BCUT2D eigenvalue weighted by Crippen LogP contribution is 2.33. The van der Waals surface area contributed by atoms with Crippen LogP contribution in [0.4, 0.5) is 11.4 Å². The van der Waals surface area contributed by atoms with E-state index >= 15 is 0 Å². The van der Waals surface area contributed by atoms with Crippen molar-refractivity contribution in [1.82, 2.24) is 8.97 Å². The van der Waals surface area contributed by atoms with E-state index < -0.39 is 32.0 Å². The largest absolute Gasteiger partial charge is 0.744 e. The number of aromatic hydroxyl groups is 2. The summed E-state index contributed by atoms with van der Waals surface area (Å²) in [6, 6.07) is 8.94. The molecule has 2 aromatic rings. The number of hydrogen-bond donors (Lipinski definition) is 2. The summed E-state index contributed by atoms with van der Waals surface area (Å²) in [5.74, 6) is -0.767. The smallest absolute Gasteiger partial charge is 0.173 e. The molecule has 34 heavy (non-hydrogen) atoms. The maximum atomic E-state index is 10.9. The van der Waals surface area contributed by atoms with E-state index in [1.54, 1.807) is 32.3 Å². The van der Waals surface area contributed by atoms with Crippen molar-refractivity contribution in [3.8, 4) is 23.0 Å². The number of methoxy groups -OCH3 is 2. The summed E-state index contributed by atoms with van der Waals surface area (Å²) >= 11 is 0. The molecule has 0 bridgehead atoms. The molecule has 0 fully saturated rings. The molecule has 14 heteroatoms. The molecule has 0 spiro atoms. The molecule has 0 amide bonds. The van der Waals surface area contributed by atoms with E-state index in [2.05, 4.69) is 0 Å². The summed E-state index contributed by atoms with van der Waals surface area (Å²) in [5, 5.41) is 18.4. The Hall–Kier alpha value is -2.62. The van der Waals surface area contributed by atoms with Crippen molar-refractivity contribution in [1.29, 1.82) is 0 Å². The minimum absolute atomic E-state index is 0.0772. The second-order valence-corrected chi connectivity index (χ2v) is 11.2. The van der Waals surface area contributed by atoms with Crippen molar-refractivity contribution in [2.75, 3.05) is 54.2 Å². The van der Waals surface area contributed by atoms with Crippen LogP contribution < -0.4 is 18.4 Å². The molecule has 0 heterocycles. The Labute approximate surface area is 199 Å². The Bertz CT molecular complexity index is 1210. The summed E-state index contributed by atoms with van der Waals surface area (Å²) in [5.41, 5.74) is 1.06. The van der Waals surface area contributed by atoms with Crippen LogP contribution in [0, 0.1) is 0 Å². The molecule has 0 saturated heterocycles. The standard InChI is InChI=1S/C11H17NO5S.C9H13NO5S/c1-12(2,8-18(13,14)15)9-5-6-10(16-3)11(7-9)17-4;1-10(2,6-16(13,14)15)7-3-4-8(11)9(12)5-7/h5-7H,8H2,1-4H3;3-5H,6H2,1-2H3,(H2-,11,12,13,14,15). The van der Waals surface area contributed by atoms with Gasteiger partial charge in [-0.1, -0.05) is 0 Å². The predicted molar refractivity (Wildman–Crippen MR) is 126 cm³/mol. The Morgan fingerprint density at radius 2 is 1.12 bits per heavy atom. The van der Waals surface area contributed by atoms with Gasteiger partial charge in [0.15, 0.2) is 34.8 Å². The highest BCUT2D eigenvalue weighted by molar-refractivity contribution is 7.85. The van der Waals surface area contributed by atoms with Crippen molar-refractivity contribution >= 4 is 31.6 Å². The summed E-state index contributed by atoms with van der Waals surface area (Å²) < 4.78 is 74.6. The number of phenolic OH excluding ortho intramolecular Hbond substituents is 2. The second kappa shape index (κ2) is 10.8. The normalized spacial score (nSPS) is 12.5. The number of phenols is 2. The van der Waals surface area contributed by atoms with Gasteiger partial charge in [0.05, 0.1) is 42.4 Å². The van der Waals surface area contributed by atoms with Crippen molar-refractivity contribution in [2.45, 2.75) is 0 Å². The van der Waals surface area contributed by atoms with Gasteiger partial charge in [-0.3, -0.25) is 8.97 Å². The lowest BCUT2D eigenvalue weighted by molar-refractivity contribution is 0.352. The minimum atomic E-state index is -4.37. The van der Waals surface area contributed by atoms with Gasteiger partial charge in [-0.05, 0) is 12.1 Å². The van der Waals surface area contributed by atoms with Gasteiger partial charge in [-0.25, -0.2) is 16.8 Å². The summed E-state index contributed by atoms with van der Waals surface area (Å²) in [7, 11) is 0.617. The Morgan fingerprint density at radius 3 is 1.50 bits per heavy atom. The van der Waals surface area contributed by atoms with Crippen LogP contribution in [0.3, 0.4) is 0 Å². The lowest BCUT2D eigenvalue weighted by Crippen LogP contribution is -2.44. The number of ether oxygens (including phenoxy) is 2. The monoisotopic (exact) mass is 522 g/mol. The van der Waals surface area contributed by atoms with Gasteiger partial charge in [-0.15, -0.1) is 0 Å². The van der Waals surface area contributed by atoms with E-state index in [-0.39, 0.29) is 20.5 Å². The van der Waals surface area contributed by atoms with E-state index in [4.69, 9.17) is 14.6 Å². The van der Waals surface area contributed by atoms with Crippen molar-refractivity contribution in [3.63, 3.8) is 0 Å². The molecule has 2 aromatic carbocycles. The molecule has 2 rings (SSSR count). The zero-order chi connectivity index (χ0) is 26.5. The summed E-state index contributed by atoms with van der Waals surface area (Å²) in [6.07, 6.45) is 0. The van der Waals surface area contributed by atoms with Gasteiger partial charge in [0.1, 0.15) is 31.6 Å². The molecule has 0 unspecified atom stereocenters. The van der Waals surface area contributed by atoms with E-state index in [1.807, 2.05) is 0 Å². The van der Waals surface area contributed by atoms with E-state index in [0.717, 1.165) is 0 Å². The van der Waals surface area contributed by atoms with E-state index in [0.29, 0.717) is 22.9 Å². The quantitative estimate of drug-likeness (QED) is 0.288. The molecule has 0 aliphatic carbocycles. The molecule has 0 aromatic heterocycles. The first kappa shape index (κ1) is 29.4. The SMILES string of the molecule is COc1ccc([N+](C)(C)CS(=O)(=O)[O-])cc1OC.C[N+](C)(CS(=O)(=O)[O-])c1ccc(O)c(O)c1. The van der Waals surface area contributed by atoms with Crippen LogP contribution in [-0.4, -0.2) is 90.3 Å². The molecule has 192 valence electrons. The first-order valence-corrected chi connectivity index (χ1v) is 12.7. The van der Waals surface area contributed by atoms with Gasteiger partial charge in [0.25, 0.3) is 0 Å². The zero-order valence-electron chi connectivity index (χ0n) is 19.7.